The van der Waals surface area contributed by atoms with E-state index in [-0.39, 0.29) is 29.4 Å². The predicted molar refractivity (Wildman–Crippen MR) is 73.3 cm³/mol. The fourth-order valence-corrected chi connectivity index (χ4v) is 3.61. The lowest BCUT2D eigenvalue weighted by Gasteiger charge is -2.23. The highest BCUT2D eigenvalue weighted by Crippen LogP contribution is 2.69. The third-order valence-corrected chi connectivity index (χ3v) is 5.02. The van der Waals surface area contributed by atoms with Crippen molar-refractivity contribution in [2.45, 2.75) is 39.3 Å². The summed E-state index contributed by atoms with van der Waals surface area (Å²) in [6.45, 7) is 5.00. The van der Waals surface area contributed by atoms with E-state index in [4.69, 9.17) is 0 Å². The fraction of sp³-hybridized carbons (Fsp3) is 0.562. The van der Waals surface area contributed by atoms with Gasteiger partial charge < -0.3 is 10.0 Å². The summed E-state index contributed by atoms with van der Waals surface area (Å²) in [6.07, 6.45) is 1.77. The molecule has 1 heterocycles. The Hall–Kier alpha value is -1.35. The lowest BCUT2D eigenvalue weighted by atomic mass is 9.92. The van der Waals surface area contributed by atoms with Crippen molar-refractivity contribution in [3.05, 3.63) is 35.9 Å². The molecule has 0 bridgehead atoms. The van der Waals surface area contributed by atoms with Gasteiger partial charge >= 0.3 is 0 Å². The second-order valence-corrected chi connectivity index (χ2v) is 6.60. The summed E-state index contributed by atoms with van der Waals surface area (Å²) in [5, 5.41) is 9.57. The normalized spacial score (nSPS) is 32.1. The van der Waals surface area contributed by atoms with Gasteiger partial charge in [0.15, 0.2) is 0 Å². The summed E-state index contributed by atoms with van der Waals surface area (Å²) in [5.74, 6) is 0.236. The van der Waals surface area contributed by atoms with Crippen molar-refractivity contribution in [1.82, 2.24) is 4.90 Å². The largest absolute Gasteiger partial charge is 0.394 e. The van der Waals surface area contributed by atoms with Gasteiger partial charge in [0.05, 0.1) is 18.1 Å². The van der Waals surface area contributed by atoms with Gasteiger partial charge in [-0.3, -0.25) is 4.79 Å². The van der Waals surface area contributed by atoms with Gasteiger partial charge in [0.2, 0.25) is 5.91 Å². The summed E-state index contributed by atoms with van der Waals surface area (Å²) in [7, 11) is 0. The fourth-order valence-electron chi connectivity index (χ4n) is 3.61. The highest BCUT2D eigenvalue weighted by Gasteiger charge is 2.71. The molecule has 1 N–H and O–H groups in total. The number of carbonyl (C=O) groups is 1. The number of likely N-dealkylation sites (tertiary alicyclic amines) is 1. The Balaban J connectivity index is 1.83. The number of rotatable bonds is 3. The van der Waals surface area contributed by atoms with E-state index in [9.17, 15) is 9.90 Å². The van der Waals surface area contributed by atoms with Crippen molar-refractivity contribution in [3.8, 4) is 0 Å². The Bertz CT molecular complexity index is 497. The number of hydrogen-bond acceptors (Lipinski definition) is 2. The average molecular weight is 259 g/mol. The minimum absolute atomic E-state index is 0.0190. The Morgan fingerprint density at radius 3 is 2.47 bits per heavy atom. The van der Waals surface area contributed by atoms with Crippen molar-refractivity contribution >= 4 is 5.91 Å². The lowest BCUT2D eigenvalue weighted by molar-refractivity contribution is -0.135. The summed E-state index contributed by atoms with van der Waals surface area (Å²) in [5.41, 5.74) is 1.03. The van der Waals surface area contributed by atoms with Crippen molar-refractivity contribution in [1.29, 1.82) is 0 Å². The van der Waals surface area contributed by atoms with Crippen LogP contribution >= 0.6 is 0 Å². The average Bonchev–Trinajstić information content (AvgIpc) is 2.86. The Labute approximate surface area is 114 Å². The molecule has 19 heavy (non-hydrogen) atoms. The van der Waals surface area contributed by atoms with E-state index < -0.39 is 0 Å². The summed E-state index contributed by atoms with van der Waals surface area (Å²) < 4.78 is 0. The third kappa shape index (κ3) is 1.79. The van der Waals surface area contributed by atoms with E-state index >= 15 is 0 Å². The van der Waals surface area contributed by atoms with Crippen molar-refractivity contribution in [2.75, 3.05) is 6.61 Å². The molecular formula is C16H21NO2. The van der Waals surface area contributed by atoms with Gasteiger partial charge in [0.1, 0.15) is 0 Å². The molecule has 102 valence electrons. The monoisotopic (exact) mass is 259 g/mol. The van der Waals surface area contributed by atoms with Crippen LogP contribution < -0.4 is 0 Å². The molecule has 1 amide bonds. The van der Waals surface area contributed by atoms with Gasteiger partial charge in [-0.15, -0.1) is 0 Å². The van der Waals surface area contributed by atoms with Crippen LogP contribution in [0, 0.1) is 10.8 Å². The summed E-state index contributed by atoms with van der Waals surface area (Å²) >= 11 is 0. The molecule has 3 heteroatoms. The summed E-state index contributed by atoms with van der Waals surface area (Å²) in [6, 6.07) is 10.00. The van der Waals surface area contributed by atoms with Gasteiger partial charge in [-0.25, -0.2) is 0 Å². The van der Waals surface area contributed by atoms with Crippen molar-refractivity contribution < 1.29 is 9.90 Å². The van der Waals surface area contributed by atoms with Crippen LogP contribution in [0.1, 0.15) is 32.3 Å². The molecule has 1 aliphatic carbocycles. The van der Waals surface area contributed by atoms with E-state index in [0.717, 1.165) is 18.4 Å². The SMILES string of the molecule is CC1(C)CC12C[C@@H](CO)N(Cc1ccccc1)C2=O. The first-order valence-electron chi connectivity index (χ1n) is 6.96. The number of nitrogens with zero attached hydrogens (tertiary/aromatic N) is 1. The van der Waals surface area contributed by atoms with Crippen LogP contribution in [0.3, 0.4) is 0 Å². The maximum absolute atomic E-state index is 12.7. The Kier molecular flexibility index (Phi) is 2.72. The number of amides is 1. The molecule has 2 fully saturated rings. The third-order valence-electron chi connectivity index (χ3n) is 5.02. The van der Waals surface area contributed by atoms with Crippen LogP contribution in [0.15, 0.2) is 30.3 Å². The molecule has 3 nitrogen and oxygen atoms in total. The first-order valence-corrected chi connectivity index (χ1v) is 6.96. The van der Waals surface area contributed by atoms with Crippen molar-refractivity contribution in [2.24, 2.45) is 10.8 Å². The maximum atomic E-state index is 12.7. The van der Waals surface area contributed by atoms with Crippen LogP contribution in [0.5, 0.6) is 0 Å². The minimum atomic E-state index is -0.199. The topological polar surface area (TPSA) is 40.5 Å². The highest BCUT2D eigenvalue weighted by molar-refractivity contribution is 5.89. The molecule has 1 saturated heterocycles. The van der Waals surface area contributed by atoms with E-state index in [1.54, 1.807) is 0 Å². The van der Waals surface area contributed by atoms with Gasteiger partial charge in [-0.2, -0.15) is 0 Å². The van der Waals surface area contributed by atoms with E-state index in [1.165, 1.54) is 0 Å². The molecule has 1 aliphatic heterocycles. The van der Waals surface area contributed by atoms with Crippen LogP contribution in [0.2, 0.25) is 0 Å². The first kappa shape index (κ1) is 12.7. The van der Waals surface area contributed by atoms with Crippen LogP contribution in [-0.4, -0.2) is 28.6 Å². The molecule has 3 rings (SSSR count). The molecule has 1 spiro atoms. The molecule has 0 aromatic heterocycles. The van der Waals surface area contributed by atoms with Gasteiger partial charge in [-0.05, 0) is 23.8 Å². The van der Waals surface area contributed by atoms with Crippen LogP contribution in [0.25, 0.3) is 0 Å². The van der Waals surface area contributed by atoms with E-state index in [0.29, 0.717) is 6.54 Å². The lowest BCUT2D eigenvalue weighted by Crippen LogP contribution is -2.36. The highest BCUT2D eigenvalue weighted by atomic mass is 16.3. The van der Waals surface area contributed by atoms with Gasteiger partial charge in [-0.1, -0.05) is 44.2 Å². The first-order chi connectivity index (χ1) is 9.00. The molecule has 2 atom stereocenters. The van der Waals surface area contributed by atoms with Crippen molar-refractivity contribution in [3.63, 3.8) is 0 Å². The Morgan fingerprint density at radius 1 is 1.32 bits per heavy atom. The minimum Gasteiger partial charge on any atom is -0.394 e. The quantitative estimate of drug-likeness (QED) is 0.904. The number of aliphatic hydroxyl groups excluding tert-OH is 1. The summed E-state index contributed by atoms with van der Waals surface area (Å²) in [4.78, 5) is 14.6. The zero-order chi connectivity index (χ0) is 13.7. The smallest absolute Gasteiger partial charge is 0.230 e. The second kappa shape index (κ2) is 4.07. The molecule has 2 aliphatic rings. The predicted octanol–water partition coefficient (Wildman–Crippen LogP) is 2.20. The molecule has 1 aromatic carbocycles. The molecule has 1 aromatic rings. The number of carbonyl (C=O) groups excluding carboxylic acids is 1. The zero-order valence-corrected chi connectivity index (χ0v) is 11.6. The second-order valence-electron chi connectivity index (χ2n) is 6.60. The van der Waals surface area contributed by atoms with E-state index in [2.05, 4.69) is 13.8 Å². The van der Waals surface area contributed by atoms with E-state index in [1.807, 2.05) is 35.2 Å². The van der Waals surface area contributed by atoms with Gasteiger partial charge in [0, 0.05) is 6.54 Å². The zero-order valence-electron chi connectivity index (χ0n) is 11.6. The standard InChI is InChI=1S/C16H21NO2/c1-15(2)11-16(15)8-13(10-18)17(14(16)19)9-12-6-4-3-5-7-12/h3-7,13,18H,8-11H2,1-2H3/t13-,16?/m0/s1. The van der Waals surface area contributed by atoms with Crippen LogP contribution in [0.4, 0.5) is 0 Å². The molecule has 0 radical (unpaired) electrons. The molecule has 1 unspecified atom stereocenters. The van der Waals surface area contributed by atoms with Gasteiger partial charge in [0.25, 0.3) is 0 Å². The van der Waals surface area contributed by atoms with Crippen LogP contribution in [-0.2, 0) is 11.3 Å². The Morgan fingerprint density at radius 2 is 1.95 bits per heavy atom. The molecular weight excluding hydrogens is 238 g/mol. The number of aliphatic hydroxyl groups is 1. The number of benzene rings is 1. The maximum Gasteiger partial charge on any atom is 0.230 e. The molecule has 1 saturated carbocycles. The number of hydrogen-bond donors (Lipinski definition) is 1.